The molecular formula is C11H23O. The lowest BCUT2D eigenvalue weighted by Crippen LogP contribution is -1.95. The monoisotopic (exact) mass is 171 g/mol. The molecule has 0 heterocycles. The van der Waals surface area contributed by atoms with E-state index < -0.39 is 0 Å². The first-order valence-electron chi connectivity index (χ1n) is 5.34. The third-order valence-electron chi connectivity index (χ3n) is 2.14. The first kappa shape index (κ1) is 12.0. The summed E-state index contributed by atoms with van der Waals surface area (Å²) in [6, 6.07) is 0. The fourth-order valence-corrected chi connectivity index (χ4v) is 1.28. The second-order valence-electron chi connectivity index (χ2n) is 3.48. The molecule has 1 heteroatoms. The van der Waals surface area contributed by atoms with Crippen LogP contribution in [0.3, 0.4) is 0 Å². The van der Waals surface area contributed by atoms with Crippen molar-refractivity contribution in [2.24, 2.45) is 0 Å². The van der Waals surface area contributed by atoms with Crippen molar-refractivity contribution in [3.8, 4) is 0 Å². The first-order chi connectivity index (χ1) is 5.81. The summed E-state index contributed by atoms with van der Waals surface area (Å²) in [7, 11) is 0. The van der Waals surface area contributed by atoms with Gasteiger partial charge in [-0.25, -0.2) is 0 Å². The van der Waals surface area contributed by atoms with Crippen LogP contribution in [0, 0.1) is 6.10 Å². The van der Waals surface area contributed by atoms with Crippen molar-refractivity contribution in [1.29, 1.82) is 0 Å². The summed E-state index contributed by atoms with van der Waals surface area (Å²) in [6.07, 6.45) is 9.87. The fraction of sp³-hybridized carbons (Fsp3) is 0.909. The predicted octanol–water partition coefficient (Wildman–Crippen LogP) is 4.05. The molecule has 0 fully saturated rings. The molecule has 0 saturated carbocycles. The molecule has 0 aromatic heterocycles. The Morgan fingerprint density at radius 2 is 1.25 bits per heavy atom. The van der Waals surface area contributed by atoms with Crippen molar-refractivity contribution in [3.63, 3.8) is 0 Å². The number of aliphatic hydroxyl groups excluding tert-OH is 1. The van der Waals surface area contributed by atoms with Gasteiger partial charge in [0.15, 0.2) is 0 Å². The van der Waals surface area contributed by atoms with Gasteiger partial charge in [-0.15, -0.1) is 0 Å². The normalized spacial score (nSPS) is 11.0. The Bertz CT molecular complexity index is 71.1. The zero-order valence-corrected chi connectivity index (χ0v) is 8.60. The van der Waals surface area contributed by atoms with Crippen LogP contribution < -0.4 is 0 Å². The van der Waals surface area contributed by atoms with Crippen LogP contribution in [0.4, 0.5) is 0 Å². The molecule has 0 spiro atoms. The number of aliphatic hydroxyl groups is 1. The van der Waals surface area contributed by atoms with Crippen LogP contribution in [-0.4, -0.2) is 5.11 Å². The van der Waals surface area contributed by atoms with Gasteiger partial charge in [0.2, 0.25) is 0 Å². The summed E-state index contributed by atoms with van der Waals surface area (Å²) >= 11 is 0. The Hall–Kier alpha value is -0.0400. The van der Waals surface area contributed by atoms with Gasteiger partial charge in [-0.3, -0.25) is 0 Å². The van der Waals surface area contributed by atoms with E-state index in [0.717, 1.165) is 31.8 Å². The SMILES string of the molecule is CCCCC[C](O)CCCCC. The highest BCUT2D eigenvalue weighted by Gasteiger charge is 2.03. The van der Waals surface area contributed by atoms with Crippen LogP contribution in [0.25, 0.3) is 0 Å². The Morgan fingerprint density at radius 3 is 1.58 bits per heavy atom. The van der Waals surface area contributed by atoms with Crippen LogP contribution in [0.15, 0.2) is 0 Å². The van der Waals surface area contributed by atoms with Crippen molar-refractivity contribution < 1.29 is 5.11 Å². The fourth-order valence-electron chi connectivity index (χ4n) is 1.28. The molecular weight excluding hydrogens is 148 g/mol. The molecule has 0 aromatic carbocycles. The molecule has 0 saturated heterocycles. The molecule has 73 valence electrons. The van der Waals surface area contributed by atoms with Gasteiger partial charge in [-0.05, 0) is 12.8 Å². The zero-order valence-electron chi connectivity index (χ0n) is 8.60. The van der Waals surface area contributed by atoms with Gasteiger partial charge < -0.3 is 5.11 Å². The molecule has 0 aliphatic heterocycles. The average Bonchev–Trinajstić information content (AvgIpc) is 2.06. The van der Waals surface area contributed by atoms with Crippen molar-refractivity contribution in [2.75, 3.05) is 0 Å². The summed E-state index contributed by atoms with van der Waals surface area (Å²) < 4.78 is 0. The van der Waals surface area contributed by atoms with E-state index in [9.17, 15) is 5.11 Å². The maximum Gasteiger partial charge on any atom is 0.0933 e. The molecule has 0 bridgehead atoms. The van der Waals surface area contributed by atoms with Gasteiger partial charge in [0.25, 0.3) is 0 Å². The van der Waals surface area contributed by atoms with Gasteiger partial charge >= 0.3 is 0 Å². The van der Waals surface area contributed by atoms with E-state index in [1.54, 1.807) is 0 Å². The average molecular weight is 171 g/mol. The van der Waals surface area contributed by atoms with Crippen molar-refractivity contribution >= 4 is 0 Å². The van der Waals surface area contributed by atoms with Gasteiger partial charge in [0.05, 0.1) is 6.10 Å². The molecule has 1 nitrogen and oxygen atoms in total. The third kappa shape index (κ3) is 8.06. The number of hydrogen-bond donors (Lipinski definition) is 1. The lowest BCUT2D eigenvalue weighted by atomic mass is 10.0. The molecule has 0 rings (SSSR count). The zero-order chi connectivity index (χ0) is 9.23. The summed E-state index contributed by atoms with van der Waals surface area (Å²) in [5.74, 6) is 0. The maximum atomic E-state index is 9.42. The minimum Gasteiger partial charge on any atom is -0.387 e. The summed E-state index contributed by atoms with van der Waals surface area (Å²) in [6.45, 7) is 4.38. The van der Waals surface area contributed by atoms with Crippen LogP contribution in [0.5, 0.6) is 0 Å². The molecule has 0 aliphatic carbocycles. The second kappa shape index (κ2) is 9.05. The minimum absolute atomic E-state index is 0.719. The molecule has 1 radical (unpaired) electrons. The van der Waals surface area contributed by atoms with Crippen LogP contribution >= 0.6 is 0 Å². The van der Waals surface area contributed by atoms with Crippen molar-refractivity contribution in [2.45, 2.75) is 65.2 Å². The Kier molecular flexibility index (Phi) is 9.02. The minimum atomic E-state index is 0.719. The van der Waals surface area contributed by atoms with Crippen LogP contribution in [-0.2, 0) is 0 Å². The Morgan fingerprint density at radius 1 is 0.833 bits per heavy atom. The highest BCUT2D eigenvalue weighted by molar-refractivity contribution is 4.74. The lowest BCUT2D eigenvalue weighted by molar-refractivity contribution is 0.258. The summed E-state index contributed by atoms with van der Waals surface area (Å²) in [5, 5.41) is 9.42. The van der Waals surface area contributed by atoms with Gasteiger partial charge in [0, 0.05) is 0 Å². The van der Waals surface area contributed by atoms with E-state index >= 15 is 0 Å². The topological polar surface area (TPSA) is 20.2 Å². The molecule has 0 aliphatic rings. The Balaban J connectivity index is 3.04. The number of unbranched alkanes of at least 4 members (excludes halogenated alkanes) is 4. The van der Waals surface area contributed by atoms with E-state index in [2.05, 4.69) is 13.8 Å². The molecule has 0 aromatic rings. The van der Waals surface area contributed by atoms with E-state index in [4.69, 9.17) is 0 Å². The van der Waals surface area contributed by atoms with Crippen LogP contribution in [0.2, 0.25) is 0 Å². The number of rotatable bonds is 8. The van der Waals surface area contributed by atoms with E-state index in [1.807, 2.05) is 0 Å². The highest BCUT2D eigenvalue weighted by Crippen LogP contribution is 2.15. The first-order valence-corrected chi connectivity index (χ1v) is 5.34. The van der Waals surface area contributed by atoms with E-state index in [-0.39, 0.29) is 0 Å². The van der Waals surface area contributed by atoms with Gasteiger partial charge in [-0.2, -0.15) is 0 Å². The molecule has 0 atom stereocenters. The Labute approximate surface area is 77.2 Å². The second-order valence-corrected chi connectivity index (χ2v) is 3.48. The standard InChI is InChI=1S/C11H23O/c1-3-5-7-9-11(12)10-8-6-4-2/h12H,3-10H2,1-2H3. The van der Waals surface area contributed by atoms with Gasteiger partial charge in [-0.1, -0.05) is 52.4 Å². The van der Waals surface area contributed by atoms with E-state index in [0.29, 0.717) is 0 Å². The van der Waals surface area contributed by atoms with E-state index in [1.165, 1.54) is 25.7 Å². The van der Waals surface area contributed by atoms with Gasteiger partial charge in [0.1, 0.15) is 0 Å². The quantitative estimate of drug-likeness (QED) is 0.546. The third-order valence-corrected chi connectivity index (χ3v) is 2.14. The van der Waals surface area contributed by atoms with Crippen molar-refractivity contribution in [3.05, 3.63) is 6.10 Å². The largest absolute Gasteiger partial charge is 0.387 e. The summed E-state index contributed by atoms with van der Waals surface area (Å²) in [4.78, 5) is 0. The highest BCUT2D eigenvalue weighted by atomic mass is 16.3. The van der Waals surface area contributed by atoms with Crippen LogP contribution in [0.1, 0.15) is 65.2 Å². The summed E-state index contributed by atoms with van der Waals surface area (Å²) in [5.41, 5.74) is 0. The molecule has 12 heavy (non-hydrogen) atoms. The van der Waals surface area contributed by atoms with Crippen molar-refractivity contribution in [1.82, 2.24) is 0 Å². The molecule has 0 amide bonds. The maximum absolute atomic E-state index is 9.42. The molecule has 1 N–H and O–H groups in total. The predicted molar refractivity (Wildman–Crippen MR) is 53.5 cm³/mol. The lowest BCUT2D eigenvalue weighted by Gasteiger charge is -2.07. The molecule has 0 unspecified atom stereocenters. The number of hydrogen-bond acceptors (Lipinski definition) is 1. The smallest absolute Gasteiger partial charge is 0.0933 e.